The van der Waals surface area contributed by atoms with Crippen LogP contribution in [0.3, 0.4) is 0 Å². The summed E-state index contributed by atoms with van der Waals surface area (Å²) in [5.74, 6) is 0.297. The molecule has 0 aromatic carbocycles. The lowest BCUT2D eigenvalue weighted by molar-refractivity contribution is -0.131. The molecule has 0 aromatic heterocycles. The van der Waals surface area contributed by atoms with Gasteiger partial charge in [-0.3, -0.25) is 4.79 Å². The topological polar surface area (TPSA) is 38.8 Å². The molecule has 0 spiro atoms. The molecule has 2 aliphatic rings. The summed E-state index contributed by atoms with van der Waals surface area (Å²) < 4.78 is 10.7. The number of hydrogen-bond acceptors (Lipinski definition) is 3. The second kappa shape index (κ2) is 5.47. The minimum absolute atomic E-state index is 0.0824. The van der Waals surface area contributed by atoms with E-state index in [1.54, 1.807) is 0 Å². The summed E-state index contributed by atoms with van der Waals surface area (Å²) in [6, 6.07) is 0. The van der Waals surface area contributed by atoms with Crippen molar-refractivity contribution in [2.24, 2.45) is 0 Å². The quantitative estimate of drug-likeness (QED) is 0.706. The number of carbonyl (C=O) groups is 1. The van der Waals surface area contributed by atoms with Crippen molar-refractivity contribution < 1.29 is 14.3 Å². The molecule has 4 nitrogen and oxygen atoms in total. The van der Waals surface area contributed by atoms with E-state index >= 15 is 0 Å². The van der Waals surface area contributed by atoms with Gasteiger partial charge in [-0.1, -0.05) is 6.42 Å². The normalized spacial score (nSPS) is 24.5. The van der Waals surface area contributed by atoms with Crippen LogP contribution in [0.15, 0.2) is 0 Å². The maximum atomic E-state index is 11.7. The molecule has 4 heteroatoms. The van der Waals surface area contributed by atoms with Gasteiger partial charge in [-0.2, -0.15) is 0 Å². The van der Waals surface area contributed by atoms with Crippen LogP contribution in [-0.4, -0.2) is 43.4 Å². The van der Waals surface area contributed by atoms with Crippen LogP contribution >= 0.6 is 0 Å². The summed E-state index contributed by atoms with van der Waals surface area (Å²) in [6.07, 6.45) is 4.81. The predicted molar refractivity (Wildman–Crippen MR) is 55.4 cm³/mol. The zero-order chi connectivity index (χ0) is 10.5. The molecule has 2 aliphatic heterocycles. The SMILES string of the molecule is O=C1CCCCCN1CCC1OCCO1. The van der Waals surface area contributed by atoms with Crippen molar-refractivity contribution in [3.8, 4) is 0 Å². The molecule has 2 fully saturated rings. The highest BCUT2D eigenvalue weighted by molar-refractivity contribution is 5.76. The second-order valence-corrected chi connectivity index (χ2v) is 4.15. The first-order chi connectivity index (χ1) is 7.36. The molecular weight excluding hydrogens is 194 g/mol. The summed E-state index contributed by atoms with van der Waals surface area (Å²) in [7, 11) is 0. The summed E-state index contributed by atoms with van der Waals surface area (Å²) in [5.41, 5.74) is 0. The van der Waals surface area contributed by atoms with Crippen LogP contribution in [-0.2, 0) is 14.3 Å². The minimum Gasteiger partial charge on any atom is -0.350 e. The average Bonchev–Trinajstić information content (AvgIpc) is 2.67. The summed E-state index contributed by atoms with van der Waals surface area (Å²) >= 11 is 0. The molecule has 0 saturated carbocycles. The number of nitrogens with zero attached hydrogens (tertiary/aromatic N) is 1. The molecule has 2 rings (SSSR count). The molecule has 2 saturated heterocycles. The fraction of sp³-hybridized carbons (Fsp3) is 0.909. The van der Waals surface area contributed by atoms with Gasteiger partial charge in [0.05, 0.1) is 13.2 Å². The standard InChI is InChI=1S/C11H19NO3/c13-10-4-2-1-3-6-12(10)7-5-11-14-8-9-15-11/h11H,1-9H2. The first kappa shape index (κ1) is 10.9. The predicted octanol–water partition coefficient (Wildman–Crippen LogP) is 1.15. The molecule has 0 unspecified atom stereocenters. The van der Waals surface area contributed by atoms with Gasteiger partial charge < -0.3 is 14.4 Å². The maximum Gasteiger partial charge on any atom is 0.222 e. The maximum absolute atomic E-state index is 11.7. The zero-order valence-electron chi connectivity index (χ0n) is 9.11. The molecule has 2 heterocycles. The van der Waals surface area contributed by atoms with Gasteiger partial charge in [0.15, 0.2) is 6.29 Å². The van der Waals surface area contributed by atoms with E-state index in [9.17, 15) is 4.79 Å². The van der Waals surface area contributed by atoms with E-state index in [2.05, 4.69) is 0 Å². The van der Waals surface area contributed by atoms with Gasteiger partial charge in [0.1, 0.15) is 0 Å². The molecule has 0 aromatic rings. The molecule has 15 heavy (non-hydrogen) atoms. The van der Waals surface area contributed by atoms with Gasteiger partial charge in [0, 0.05) is 25.9 Å². The molecular formula is C11H19NO3. The van der Waals surface area contributed by atoms with E-state index < -0.39 is 0 Å². The Bertz CT molecular complexity index is 214. The molecule has 0 N–H and O–H groups in total. The van der Waals surface area contributed by atoms with Crippen LogP contribution in [0.4, 0.5) is 0 Å². The zero-order valence-corrected chi connectivity index (χ0v) is 9.11. The highest BCUT2D eigenvalue weighted by Gasteiger charge is 2.20. The average molecular weight is 213 g/mol. The molecule has 0 atom stereocenters. The third kappa shape index (κ3) is 3.18. The van der Waals surface area contributed by atoms with Gasteiger partial charge >= 0.3 is 0 Å². The second-order valence-electron chi connectivity index (χ2n) is 4.15. The fourth-order valence-electron chi connectivity index (χ4n) is 2.11. The van der Waals surface area contributed by atoms with Crippen molar-refractivity contribution in [3.63, 3.8) is 0 Å². The molecule has 0 radical (unpaired) electrons. The lowest BCUT2D eigenvalue weighted by Gasteiger charge is -2.21. The Morgan fingerprint density at radius 1 is 1.20 bits per heavy atom. The Kier molecular flexibility index (Phi) is 3.97. The van der Waals surface area contributed by atoms with Gasteiger partial charge in [-0.05, 0) is 12.8 Å². The van der Waals surface area contributed by atoms with Gasteiger partial charge in [0.2, 0.25) is 5.91 Å². The molecule has 86 valence electrons. The number of hydrogen-bond donors (Lipinski definition) is 0. The molecule has 0 bridgehead atoms. The van der Waals surface area contributed by atoms with E-state index in [4.69, 9.17) is 9.47 Å². The smallest absolute Gasteiger partial charge is 0.222 e. The lowest BCUT2D eigenvalue weighted by Crippen LogP contribution is -2.33. The van der Waals surface area contributed by atoms with Crippen molar-refractivity contribution in [2.45, 2.75) is 38.4 Å². The van der Waals surface area contributed by atoms with E-state index in [1.807, 2.05) is 4.90 Å². The number of ether oxygens (including phenoxy) is 2. The lowest BCUT2D eigenvalue weighted by atomic mass is 10.2. The van der Waals surface area contributed by atoms with Crippen molar-refractivity contribution >= 4 is 5.91 Å². The highest BCUT2D eigenvalue weighted by atomic mass is 16.7. The van der Waals surface area contributed by atoms with E-state index in [0.717, 1.165) is 32.4 Å². The Morgan fingerprint density at radius 3 is 2.80 bits per heavy atom. The highest BCUT2D eigenvalue weighted by Crippen LogP contribution is 2.14. The van der Waals surface area contributed by atoms with E-state index in [1.165, 1.54) is 6.42 Å². The summed E-state index contributed by atoms with van der Waals surface area (Å²) in [5, 5.41) is 0. The number of likely N-dealkylation sites (tertiary alicyclic amines) is 1. The van der Waals surface area contributed by atoms with Crippen molar-refractivity contribution in [3.05, 3.63) is 0 Å². The Hall–Kier alpha value is -0.610. The van der Waals surface area contributed by atoms with Gasteiger partial charge in [-0.25, -0.2) is 0 Å². The van der Waals surface area contributed by atoms with Crippen molar-refractivity contribution in [1.82, 2.24) is 4.90 Å². The number of rotatable bonds is 3. The number of carbonyl (C=O) groups excluding carboxylic acids is 1. The monoisotopic (exact) mass is 213 g/mol. The summed E-state index contributed by atoms with van der Waals surface area (Å²) in [6.45, 7) is 3.08. The van der Waals surface area contributed by atoms with E-state index in [-0.39, 0.29) is 6.29 Å². The van der Waals surface area contributed by atoms with Crippen molar-refractivity contribution in [2.75, 3.05) is 26.3 Å². The largest absolute Gasteiger partial charge is 0.350 e. The fourth-order valence-corrected chi connectivity index (χ4v) is 2.11. The van der Waals surface area contributed by atoms with Crippen LogP contribution in [0.2, 0.25) is 0 Å². The Balaban J connectivity index is 1.73. The summed E-state index contributed by atoms with van der Waals surface area (Å²) in [4.78, 5) is 13.6. The minimum atomic E-state index is -0.0824. The van der Waals surface area contributed by atoms with Crippen LogP contribution in [0.5, 0.6) is 0 Å². The van der Waals surface area contributed by atoms with Crippen LogP contribution in [0, 0.1) is 0 Å². The van der Waals surface area contributed by atoms with Gasteiger partial charge in [0.25, 0.3) is 0 Å². The van der Waals surface area contributed by atoms with Crippen LogP contribution in [0.1, 0.15) is 32.1 Å². The Morgan fingerprint density at radius 2 is 2.00 bits per heavy atom. The first-order valence-electron chi connectivity index (χ1n) is 5.87. The third-order valence-corrected chi connectivity index (χ3v) is 3.00. The molecule has 1 amide bonds. The van der Waals surface area contributed by atoms with Crippen molar-refractivity contribution in [1.29, 1.82) is 0 Å². The van der Waals surface area contributed by atoms with Gasteiger partial charge in [-0.15, -0.1) is 0 Å². The first-order valence-corrected chi connectivity index (χ1v) is 5.87. The van der Waals surface area contributed by atoms with Crippen LogP contribution in [0.25, 0.3) is 0 Å². The van der Waals surface area contributed by atoms with Crippen LogP contribution < -0.4 is 0 Å². The third-order valence-electron chi connectivity index (χ3n) is 3.00. The number of amides is 1. The van der Waals surface area contributed by atoms with E-state index in [0.29, 0.717) is 25.5 Å². The Labute approximate surface area is 90.5 Å². The molecule has 0 aliphatic carbocycles.